The normalized spacial score (nSPS) is 18.7. The maximum Gasteiger partial charge on any atom is 0.193 e. The molecule has 1 aromatic rings. The molecule has 1 unspecified atom stereocenters. The van der Waals surface area contributed by atoms with Crippen molar-refractivity contribution in [2.45, 2.75) is 46.1 Å². The summed E-state index contributed by atoms with van der Waals surface area (Å²) in [5, 5.41) is 5.62. The Balaban J connectivity index is 0.00000312. The first-order valence-corrected chi connectivity index (χ1v) is 10.3. The lowest BCUT2D eigenvalue weighted by Gasteiger charge is -2.32. The van der Waals surface area contributed by atoms with Crippen molar-refractivity contribution >= 4 is 41.3 Å². The number of nitrogens with zero attached hydrogens (tertiary/aromatic N) is 3. The van der Waals surface area contributed by atoms with E-state index in [9.17, 15) is 0 Å². The van der Waals surface area contributed by atoms with Crippen LogP contribution >= 0.6 is 35.3 Å². The van der Waals surface area contributed by atoms with Crippen LogP contribution in [0.25, 0.3) is 0 Å². The van der Waals surface area contributed by atoms with Crippen molar-refractivity contribution in [2.75, 3.05) is 39.8 Å². The number of nitrogens with one attached hydrogen (secondary N) is 1. The van der Waals surface area contributed by atoms with E-state index in [2.05, 4.69) is 53.5 Å². The molecule has 1 fully saturated rings. The summed E-state index contributed by atoms with van der Waals surface area (Å²) in [7, 11) is 2.15. The lowest BCUT2D eigenvalue weighted by atomic mass is 9.98. The summed E-state index contributed by atoms with van der Waals surface area (Å²) in [6, 6.07) is 4.40. The average Bonchev–Trinajstić information content (AvgIpc) is 3.09. The van der Waals surface area contributed by atoms with Crippen molar-refractivity contribution in [3.63, 3.8) is 0 Å². The third kappa shape index (κ3) is 8.26. The summed E-state index contributed by atoms with van der Waals surface area (Å²) in [4.78, 5) is 11.3. The largest absolute Gasteiger partial charge is 0.357 e. The minimum atomic E-state index is 0. The van der Waals surface area contributed by atoms with E-state index < -0.39 is 0 Å². The van der Waals surface area contributed by atoms with Crippen molar-refractivity contribution < 1.29 is 0 Å². The first-order valence-electron chi connectivity index (χ1n) is 9.47. The number of halogens is 1. The molecule has 0 radical (unpaired) electrons. The van der Waals surface area contributed by atoms with Gasteiger partial charge in [0.25, 0.3) is 0 Å². The molecule has 0 amide bonds. The highest BCUT2D eigenvalue weighted by molar-refractivity contribution is 14.0. The Kier molecular flexibility index (Phi) is 11.7. The SMILES string of the molecule is CCCCN(C)C(=NCC1CCCN(Cc2cccs2)C1)NCC.I. The van der Waals surface area contributed by atoms with E-state index in [1.54, 1.807) is 0 Å². The number of thiophene rings is 1. The summed E-state index contributed by atoms with van der Waals surface area (Å²) in [6.45, 7) is 10.9. The van der Waals surface area contributed by atoms with Gasteiger partial charge in [0.1, 0.15) is 0 Å². The van der Waals surface area contributed by atoms with E-state index in [0.29, 0.717) is 5.92 Å². The molecule has 0 saturated carbocycles. The van der Waals surface area contributed by atoms with Crippen LogP contribution in [0, 0.1) is 5.92 Å². The van der Waals surface area contributed by atoms with Crippen LogP contribution in [0.1, 0.15) is 44.4 Å². The molecule has 2 heterocycles. The van der Waals surface area contributed by atoms with Crippen LogP contribution in [0.2, 0.25) is 0 Å². The Morgan fingerprint density at radius 3 is 2.96 bits per heavy atom. The summed E-state index contributed by atoms with van der Waals surface area (Å²) in [5.41, 5.74) is 0. The monoisotopic (exact) mass is 478 g/mol. The number of piperidine rings is 1. The number of hydrogen-bond acceptors (Lipinski definition) is 3. The van der Waals surface area contributed by atoms with E-state index in [0.717, 1.165) is 32.1 Å². The van der Waals surface area contributed by atoms with Crippen LogP contribution in [0.5, 0.6) is 0 Å². The van der Waals surface area contributed by atoms with Gasteiger partial charge in [-0.25, -0.2) is 0 Å². The lowest BCUT2D eigenvalue weighted by Crippen LogP contribution is -2.40. The van der Waals surface area contributed by atoms with Crippen LogP contribution < -0.4 is 5.32 Å². The zero-order valence-corrected chi connectivity index (χ0v) is 19.2. The summed E-state index contributed by atoms with van der Waals surface area (Å²) in [6.07, 6.45) is 5.05. The molecule has 6 heteroatoms. The molecular formula is C19H35IN4S. The third-order valence-electron chi connectivity index (χ3n) is 4.61. The van der Waals surface area contributed by atoms with Crippen molar-refractivity contribution in [3.05, 3.63) is 22.4 Å². The quantitative estimate of drug-likeness (QED) is 0.344. The minimum absolute atomic E-state index is 0. The van der Waals surface area contributed by atoms with E-state index in [1.165, 1.54) is 43.6 Å². The van der Waals surface area contributed by atoms with Gasteiger partial charge in [-0.2, -0.15) is 0 Å². The Morgan fingerprint density at radius 1 is 1.44 bits per heavy atom. The number of likely N-dealkylation sites (tertiary alicyclic amines) is 1. The predicted octanol–water partition coefficient (Wildman–Crippen LogP) is 4.28. The van der Waals surface area contributed by atoms with Crippen LogP contribution in [-0.2, 0) is 6.54 Å². The molecule has 1 aromatic heterocycles. The second-order valence-corrected chi connectivity index (χ2v) is 7.82. The topological polar surface area (TPSA) is 30.9 Å². The molecule has 25 heavy (non-hydrogen) atoms. The second-order valence-electron chi connectivity index (χ2n) is 6.79. The fourth-order valence-corrected chi connectivity index (χ4v) is 4.00. The molecule has 1 N–H and O–H groups in total. The Bertz CT molecular complexity index is 478. The van der Waals surface area contributed by atoms with Crippen LogP contribution in [0.15, 0.2) is 22.5 Å². The Labute approximate surface area is 175 Å². The van der Waals surface area contributed by atoms with Gasteiger partial charge < -0.3 is 10.2 Å². The van der Waals surface area contributed by atoms with Gasteiger partial charge in [0.15, 0.2) is 5.96 Å². The number of hydrogen-bond donors (Lipinski definition) is 1. The molecule has 0 aromatic carbocycles. The van der Waals surface area contributed by atoms with E-state index >= 15 is 0 Å². The van der Waals surface area contributed by atoms with Crippen molar-refractivity contribution in [1.82, 2.24) is 15.1 Å². The minimum Gasteiger partial charge on any atom is -0.357 e. The highest BCUT2D eigenvalue weighted by Crippen LogP contribution is 2.20. The molecule has 1 atom stereocenters. The van der Waals surface area contributed by atoms with Crippen LogP contribution in [0.4, 0.5) is 0 Å². The second kappa shape index (κ2) is 12.9. The zero-order chi connectivity index (χ0) is 17.2. The first kappa shape index (κ1) is 22.7. The maximum absolute atomic E-state index is 4.93. The van der Waals surface area contributed by atoms with Gasteiger partial charge >= 0.3 is 0 Å². The molecular weight excluding hydrogens is 443 g/mol. The molecule has 1 aliphatic heterocycles. The maximum atomic E-state index is 4.93. The van der Waals surface area contributed by atoms with Crippen molar-refractivity contribution in [2.24, 2.45) is 10.9 Å². The van der Waals surface area contributed by atoms with Gasteiger partial charge in [0.2, 0.25) is 0 Å². The number of aliphatic imine (C=N–C) groups is 1. The van der Waals surface area contributed by atoms with Gasteiger partial charge in [-0.1, -0.05) is 19.4 Å². The molecule has 1 saturated heterocycles. The average molecular weight is 478 g/mol. The fraction of sp³-hybridized carbons (Fsp3) is 0.737. The summed E-state index contributed by atoms with van der Waals surface area (Å²) >= 11 is 1.87. The van der Waals surface area contributed by atoms with Gasteiger partial charge in [-0.15, -0.1) is 35.3 Å². The molecule has 1 aliphatic rings. The summed E-state index contributed by atoms with van der Waals surface area (Å²) < 4.78 is 0. The highest BCUT2D eigenvalue weighted by Gasteiger charge is 2.20. The molecule has 2 rings (SSSR count). The number of rotatable bonds is 8. The zero-order valence-electron chi connectivity index (χ0n) is 16.0. The van der Waals surface area contributed by atoms with Crippen molar-refractivity contribution in [3.8, 4) is 0 Å². The van der Waals surface area contributed by atoms with Gasteiger partial charge in [-0.05, 0) is 50.1 Å². The number of guanidine groups is 1. The molecule has 0 bridgehead atoms. The highest BCUT2D eigenvalue weighted by atomic mass is 127. The molecule has 4 nitrogen and oxygen atoms in total. The third-order valence-corrected chi connectivity index (χ3v) is 5.47. The van der Waals surface area contributed by atoms with Crippen molar-refractivity contribution in [1.29, 1.82) is 0 Å². The lowest BCUT2D eigenvalue weighted by molar-refractivity contribution is 0.172. The predicted molar refractivity (Wildman–Crippen MR) is 121 cm³/mol. The van der Waals surface area contributed by atoms with Crippen LogP contribution in [0.3, 0.4) is 0 Å². The van der Waals surface area contributed by atoms with Gasteiger partial charge in [0, 0.05) is 44.6 Å². The number of unbranched alkanes of at least 4 members (excludes halogenated alkanes) is 1. The summed E-state index contributed by atoms with van der Waals surface area (Å²) in [5.74, 6) is 1.76. The smallest absolute Gasteiger partial charge is 0.193 e. The fourth-order valence-electron chi connectivity index (χ4n) is 3.25. The molecule has 144 valence electrons. The Hall–Kier alpha value is -0.340. The Morgan fingerprint density at radius 2 is 2.28 bits per heavy atom. The first-order chi connectivity index (χ1) is 11.7. The van der Waals surface area contributed by atoms with E-state index in [1.807, 2.05) is 11.3 Å². The van der Waals surface area contributed by atoms with E-state index in [-0.39, 0.29) is 24.0 Å². The van der Waals surface area contributed by atoms with Gasteiger partial charge in [-0.3, -0.25) is 9.89 Å². The van der Waals surface area contributed by atoms with Crippen LogP contribution in [-0.4, -0.2) is 55.5 Å². The standard InChI is InChI=1S/C19H34N4S.HI/c1-4-6-11-22(3)19(20-5-2)21-14-17-9-7-12-23(15-17)16-18-10-8-13-24-18;/h8,10,13,17H,4-7,9,11-12,14-16H2,1-3H3,(H,20,21);1H. The van der Waals surface area contributed by atoms with E-state index in [4.69, 9.17) is 4.99 Å². The molecule has 0 aliphatic carbocycles. The molecule has 0 spiro atoms. The van der Waals surface area contributed by atoms with Gasteiger partial charge in [0.05, 0.1) is 0 Å².